The first-order valence-electron chi connectivity index (χ1n) is 5.95. The molecule has 0 amide bonds. The zero-order valence-corrected chi connectivity index (χ0v) is 10.1. The number of hydrogen-bond acceptors (Lipinski definition) is 3. The van der Waals surface area contributed by atoms with Crippen molar-refractivity contribution in [2.75, 3.05) is 36.5 Å². The first kappa shape index (κ1) is 11.3. The molecule has 0 radical (unpaired) electrons. The zero-order chi connectivity index (χ0) is 11.4. The van der Waals surface area contributed by atoms with Crippen molar-refractivity contribution in [3.8, 4) is 0 Å². The van der Waals surface area contributed by atoms with E-state index in [9.17, 15) is 0 Å². The number of morpholine rings is 1. The topological polar surface area (TPSA) is 24.5 Å². The Morgan fingerprint density at radius 1 is 1.12 bits per heavy atom. The van der Waals surface area contributed by atoms with Gasteiger partial charge in [0, 0.05) is 30.5 Å². The van der Waals surface area contributed by atoms with Crippen LogP contribution in [0.25, 0.3) is 0 Å². The van der Waals surface area contributed by atoms with E-state index in [4.69, 9.17) is 4.74 Å². The molecule has 0 atom stereocenters. The van der Waals surface area contributed by atoms with Crippen LogP contribution < -0.4 is 10.2 Å². The average molecular weight is 220 g/mol. The highest BCUT2D eigenvalue weighted by atomic mass is 16.5. The van der Waals surface area contributed by atoms with Crippen molar-refractivity contribution in [2.24, 2.45) is 0 Å². The van der Waals surface area contributed by atoms with Crippen molar-refractivity contribution < 1.29 is 4.74 Å². The Bertz CT molecular complexity index is 315. The highest BCUT2D eigenvalue weighted by molar-refractivity contribution is 5.55. The van der Waals surface area contributed by atoms with E-state index in [2.05, 4.69) is 48.3 Å². The predicted molar refractivity (Wildman–Crippen MR) is 68.2 cm³/mol. The van der Waals surface area contributed by atoms with Crippen molar-refractivity contribution in [1.82, 2.24) is 0 Å². The molecular formula is C13H20N2O. The summed E-state index contributed by atoms with van der Waals surface area (Å²) in [5.74, 6) is 0. The molecule has 0 spiro atoms. The molecule has 1 aliphatic rings. The predicted octanol–water partition coefficient (Wildman–Crippen LogP) is 2.34. The highest BCUT2D eigenvalue weighted by Crippen LogP contribution is 2.19. The molecule has 0 bridgehead atoms. The Labute approximate surface area is 97.4 Å². The molecule has 3 heteroatoms. The van der Waals surface area contributed by atoms with Gasteiger partial charge in [-0.1, -0.05) is 0 Å². The van der Waals surface area contributed by atoms with Gasteiger partial charge in [0.1, 0.15) is 0 Å². The summed E-state index contributed by atoms with van der Waals surface area (Å²) in [5, 5.41) is 3.39. The minimum Gasteiger partial charge on any atom is -0.383 e. The van der Waals surface area contributed by atoms with E-state index in [-0.39, 0.29) is 0 Å². The molecule has 2 rings (SSSR count). The molecule has 0 aliphatic carbocycles. The number of benzene rings is 1. The van der Waals surface area contributed by atoms with Crippen molar-refractivity contribution >= 4 is 11.4 Å². The summed E-state index contributed by atoms with van der Waals surface area (Å²) < 4.78 is 5.34. The molecule has 1 aromatic rings. The lowest BCUT2D eigenvalue weighted by atomic mass is 10.2. The quantitative estimate of drug-likeness (QED) is 0.846. The summed E-state index contributed by atoms with van der Waals surface area (Å²) >= 11 is 0. The molecule has 1 heterocycles. The van der Waals surface area contributed by atoms with Crippen LogP contribution in [0.15, 0.2) is 24.3 Å². The molecule has 16 heavy (non-hydrogen) atoms. The molecule has 0 aromatic heterocycles. The smallest absolute Gasteiger partial charge is 0.0642 e. The second-order valence-electron chi connectivity index (χ2n) is 4.45. The normalized spacial score (nSPS) is 16.6. The third-order valence-corrected chi connectivity index (χ3v) is 2.70. The molecular weight excluding hydrogens is 200 g/mol. The molecule has 0 unspecified atom stereocenters. The number of anilines is 2. The number of nitrogens with zero attached hydrogens (tertiary/aromatic N) is 1. The van der Waals surface area contributed by atoms with Gasteiger partial charge in [-0.05, 0) is 38.1 Å². The first-order valence-corrected chi connectivity index (χ1v) is 5.95. The van der Waals surface area contributed by atoms with Crippen molar-refractivity contribution in [3.63, 3.8) is 0 Å². The molecule has 3 nitrogen and oxygen atoms in total. The van der Waals surface area contributed by atoms with Crippen LogP contribution in [0.2, 0.25) is 0 Å². The van der Waals surface area contributed by atoms with Crippen LogP contribution in [0.5, 0.6) is 0 Å². The van der Waals surface area contributed by atoms with Gasteiger partial charge in [0.05, 0.1) is 13.2 Å². The number of hydrogen-bond donors (Lipinski definition) is 1. The number of nitrogens with one attached hydrogen (secondary N) is 1. The van der Waals surface area contributed by atoms with Gasteiger partial charge in [-0.25, -0.2) is 0 Å². The van der Waals surface area contributed by atoms with E-state index in [0.717, 1.165) is 26.3 Å². The van der Waals surface area contributed by atoms with Crippen molar-refractivity contribution in [3.05, 3.63) is 24.3 Å². The molecule has 1 fully saturated rings. The fraction of sp³-hybridized carbons (Fsp3) is 0.538. The van der Waals surface area contributed by atoms with E-state index < -0.39 is 0 Å². The lowest BCUT2D eigenvalue weighted by Crippen LogP contribution is -2.36. The van der Waals surface area contributed by atoms with E-state index in [1.54, 1.807) is 0 Å². The summed E-state index contributed by atoms with van der Waals surface area (Å²) in [6.45, 7) is 7.97. The summed E-state index contributed by atoms with van der Waals surface area (Å²) in [7, 11) is 0. The van der Waals surface area contributed by atoms with E-state index in [1.807, 2.05) is 0 Å². The van der Waals surface area contributed by atoms with Gasteiger partial charge >= 0.3 is 0 Å². The van der Waals surface area contributed by atoms with E-state index >= 15 is 0 Å². The largest absolute Gasteiger partial charge is 0.383 e. The maximum Gasteiger partial charge on any atom is 0.0642 e. The van der Waals surface area contributed by atoms with Gasteiger partial charge in [-0.15, -0.1) is 0 Å². The first-order chi connectivity index (χ1) is 7.75. The minimum absolute atomic E-state index is 0.481. The summed E-state index contributed by atoms with van der Waals surface area (Å²) in [6.07, 6.45) is 0. The summed E-state index contributed by atoms with van der Waals surface area (Å²) in [4.78, 5) is 2.36. The Morgan fingerprint density at radius 2 is 1.75 bits per heavy atom. The van der Waals surface area contributed by atoms with Crippen LogP contribution in [0.4, 0.5) is 11.4 Å². The van der Waals surface area contributed by atoms with Crippen LogP contribution in [-0.2, 0) is 4.74 Å². The fourth-order valence-electron chi connectivity index (χ4n) is 1.92. The second-order valence-corrected chi connectivity index (χ2v) is 4.45. The second kappa shape index (κ2) is 5.21. The Balaban J connectivity index is 2.00. The van der Waals surface area contributed by atoms with Gasteiger partial charge in [-0.3, -0.25) is 0 Å². The van der Waals surface area contributed by atoms with Gasteiger partial charge in [-0.2, -0.15) is 0 Å². The maximum absolute atomic E-state index is 5.34. The van der Waals surface area contributed by atoms with Gasteiger partial charge in [0.2, 0.25) is 0 Å². The molecule has 1 aromatic carbocycles. The van der Waals surface area contributed by atoms with E-state index in [1.165, 1.54) is 11.4 Å². The highest BCUT2D eigenvalue weighted by Gasteiger charge is 2.10. The third-order valence-electron chi connectivity index (χ3n) is 2.70. The van der Waals surface area contributed by atoms with Crippen LogP contribution in [0, 0.1) is 0 Å². The van der Waals surface area contributed by atoms with Crippen LogP contribution in [-0.4, -0.2) is 32.3 Å². The molecule has 1 saturated heterocycles. The van der Waals surface area contributed by atoms with Crippen LogP contribution in [0.3, 0.4) is 0 Å². The van der Waals surface area contributed by atoms with Crippen molar-refractivity contribution in [1.29, 1.82) is 0 Å². The fourth-order valence-corrected chi connectivity index (χ4v) is 1.92. The van der Waals surface area contributed by atoms with Crippen molar-refractivity contribution in [2.45, 2.75) is 19.9 Å². The number of ether oxygens (including phenoxy) is 1. The van der Waals surface area contributed by atoms with E-state index in [0.29, 0.717) is 6.04 Å². The lowest BCUT2D eigenvalue weighted by molar-refractivity contribution is 0.122. The Morgan fingerprint density at radius 3 is 2.31 bits per heavy atom. The van der Waals surface area contributed by atoms with Crippen LogP contribution >= 0.6 is 0 Å². The minimum atomic E-state index is 0.481. The number of rotatable bonds is 3. The Kier molecular flexibility index (Phi) is 3.67. The SMILES string of the molecule is CC(C)Nc1ccc(N2CCOCC2)cc1. The third kappa shape index (κ3) is 2.89. The maximum atomic E-state index is 5.34. The molecule has 0 saturated carbocycles. The Hall–Kier alpha value is -1.22. The molecule has 88 valence electrons. The molecule has 1 aliphatic heterocycles. The van der Waals surface area contributed by atoms with Gasteiger partial charge < -0.3 is 15.0 Å². The standard InChI is InChI=1S/C13H20N2O/c1-11(2)14-12-3-5-13(6-4-12)15-7-9-16-10-8-15/h3-6,11,14H,7-10H2,1-2H3. The zero-order valence-electron chi connectivity index (χ0n) is 10.1. The van der Waals surface area contributed by atoms with Crippen LogP contribution in [0.1, 0.15) is 13.8 Å². The average Bonchev–Trinajstić information content (AvgIpc) is 2.30. The summed E-state index contributed by atoms with van der Waals surface area (Å²) in [5.41, 5.74) is 2.48. The summed E-state index contributed by atoms with van der Waals surface area (Å²) in [6, 6.07) is 9.12. The van der Waals surface area contributed by atoms with Gasteiger partial charge in [0.15, 0.2) is 0 Å². The lowest BCUT2D eigenvalue weighted by Gasteiger charge is -2.29. The monoisotopic (exact) mass is 220 g/mol. The van der Waals surface area contributed by atoms with Gasteiger partial charge in [0.25, 0.3) is 0 Å². The molecule has 1 N–H and O–H groups in total.